The Balaban J connectivity index is 2.72. The molecule has 0 spiro atoms. The molecule has 0 bridgehead atoms. The van der Waals surface area contributed by atoms with Crippen LogP contribution in [0.25, 0.3) is 17.2 Å². The van der Waals surface area contributed by atoms with Gasteiger partial charge in [-0.25, -0.2) is 0 Å². The van der Waals surface area contributed by atoms with E-state index >= 15 is 0 Å². The van der Waals surface area contributed by atoms with E-state index in [9.17, 15) is 5.11 Å². The zero-order chi connectivity index (χ0) is 19.0. The van der Waals surface area contributed by atoms with Gasteiger partial charge in [0.05, 0.1) is 0 Å². The van der Waals surface area contributed by atoms with E-state index in [1.54, 1.807) is 0 Å². The first-order chi connectivity index (χ1) is 11.4. The second-order valence-corrected chi connectivity index (χ2v) is 8.99. The van der Waals surface area contributed by atoms with Crippen molar-refractivity contribution in [1.29, 1.82) is 0 Å². The summed E-state index contributed by atoms with van der Waals surface area (Å²) < 4.78 is 0. The Morgan fingerprint density at radius 2 is 1.32 bits per heavy atom. The van der Waals surface area contributed by atoms with Crippen LogP contribution in [0.4, 0.5) is 0 Å². The molecular weight excluding hydrogens is 304 g/mol. The van der Waals surface area contributed by atoms with Crippen molar-refractivity contribution in [2.75, 3.05) is 0 Å². The van der Waals surface area contributed by atoms with Gasteiger partial charge >= 0.3 is 0 Å². The SMILES string of the molecule is C/C=C/c1ccc(-c2cc(C(C)(C)C)c(O)c(C(C)(C)C)c2)cc1C. The largest absolute Gasteiger partial charge is 0.507 e. The molecule has 2 aromatic carbocycles. The summed E-state index contributed by atoms with van der Waals surface area (Å²) in [5.74, 6) is 0.436. The van der Waals surface area contributed by atoms with Gasteiger partial charge in [0, 0.05) is 11.1 Å². The molecule has 0 unspecified atom stereocenters. The molecule has 0 aliphatic carbocycles. The Morgan fingerprint density at radius 3 is 1.72 bits per heavy atom. The van der Waals surface area contributed by atoms with E-state index in [1.165, 1.54) is 22.3 Å². The Hall–Kier alpha value is -2.02. The minimum atomic E-state index is -0.111. The third kappa shape index (κ3) is 4.15. The van der Waals surface area contributed by atoms with Crippen LogP contribution < -0.4 is 0 Å². The zero-order valence-corrected chi connectivity index (χ0v) is 17.0. The number of allylic oxidation sites excluding steroid dienone is 1. The highest BCUT2D eigenvalue weighted by Crippen LogP contribution is 2.42. The van der Waals surface area contributed by atoms with Crippen molar-refractivity contribution >= 4 is 6.08 Å². The molecule has 0 amide bonds. The first-order valence-electron chi connectivity index (χ1n) is 9.07. The van der Waals surface area contributed by atoms with E-state index in [4.69, 9.17) is 0 Å². The fourth-order valence-electron chi connectivity index (χ4n) is 3.17. The van der Waals surface area contributed by atoms with Crippen molar-refractivity contribution in [3.8, 4) is 16.9 Å². The average Bonchev–Trinajstić information content (AvgIpc) is 2.47. The van der Waals surface area contributed by atoms with Gasteiger partial charge in [0.15, 0.2) is 0 Å². The van der Waals surface area contributed by atoms with Crippen LogP contribution in [0.5, 0.6) is 5.75 Å². The fourth-order valence-corrected chi connectivity index (χ4v) is 3.17. The molecule has 0 saturated heterocycles. The summed E-state index contributed by atoms with van der Waals surface area (Å²) in [6.07, 6.45) is 4.20. The summed E-state index contributed by atoms with van der Waals surface area (Å²) >= 11 is 0. The molecule has 0 aliphatic heterocycles. The molecule has 0 saturated carbocycles. The summed E-state index contributed by atoms with van der Waals surface area (Å²) in [5.41, 5.74) is 6.66. The van der Waals surface area contributed by atoms with Crippen molar-refractivity contribution < 1.29 is 5.11 Å². The number of rotatable bonds is 2. The van der Waals surface area contributed by atoms with Gasteiger partial charge in [-0.15, -0.1) is 0 Å². The Labute approximate surface area is 153 Å². The molecule has 2 rings (SSSR count). The molecule has 0 fully saturated rings. The second-order valence-electron chi connectivity index (χ2n) is 8.99. The Kier molecular flexibility index (Phi) is 5.18. The highest BCUT2D eigenvalue weighted by atomic mass is 16.3. The number of aromatic hydroxyl groups is 1. The van der Waals surface area contributed by atoms with Crippen LogP contribution in [0, 0.1) is 6.92 Å². The van der Waals surface area contributed by atoms with Gasteiger partial charge in [-0.05, 0) is 59.1 Å². The summed E-state index contributed by atoms with van der Waals surface area (Å²) in [6.45, 7) is 17.1. The quantitative estimate of drug-likeness (QED) is 0.626. The maximum atomic E-state index is 10.9. The number of hydrogen-bond acceptors (Lipinski definition) is 1. The van der Waals surface area contributed by atoms with Crippen molar-refractivity contribution in [1.82, 2.24) is 0 Å². The molecule has 0 aromatic heterocycles. The van der Waals surface area contributed by atoms with E-state index in [2.05, 4.69) is 91.0 Å². The van der Waals surface area contributed by atoms with E-state index in [-0.39, 0.29) is 10.8 Å². The van der Waals surface area contributed by atoms with Crippen LogP contribution in [-0.4, -0.2) is 5.11 Å². The van der Waals surface area contributed by atoms with Crippen molar-refractivity contribution in [3.63, 3.8) is 0 Å². The van der Waals surface area contributed by atoms with Crippen LogP contribution >= 0.6 is 0 Å². The summed E-state index contributed by atoms with van der Waals surface area (Å²) in [7, 11) is 0. The zero-order valence-electron chi connectivity index (χ0n) is 17.0. The molecule has 134 valence electrons. The standard InChI is InChI=1S/C24H32O/c1-9-10-17-11-12-18(13-16(17)2)19-14-20(23(3,4)5)22(25)21(15-19)24(6,7)8/h9-15,25H,1-8H3/b10-9+. The van der Waals surface area contributed by atoms with Crippen LogP contribution in [0.15, 0.2) is 36.4 Å². The van der Waals surface area contributed by atoms with Crippen LogP contribution in [0.2, 0.25) is 0 Å². The normalized spacial score (nSPS) is 12.8. The maximum Gasteiger partial charge on any atom is 0.123 e. The topological polar surface area (TPSA) is 20.2 Å². The van der Waals surface area contributed by atoms with Gasteiger partial charge < -0.3 is 5.11 Å². The lowest BCUT2D eigenvalue weighted by Crippen LogP contribution is -2.17. The van der Waals surface area contributed by atoms with E-state index in [1.807, 2.05) is 6.92 Å². The summed E-state index contributed by atoms with van der Waals surface area (Å²) in [6, 6.07) is 10.9. The molecule has 0 heterocycles. The first-order valence-corrected chi connectivity index (χ1v) is 9.07. The minimum absolute atomic E-state index is 0.111. The second kappa shape index (κ2) is 6.71. The molecule has 1 heteroatoms. The van der Waals surface area contributed by atoms with Crippen molar-refractivity contribution in [2.45, 2.75) is 66.2 Å². The van der Waals surface area contributed by atoms with E-state index in [0.717, 1.165) is 11.1 Å². The molecule has 0 radical (unpaired) electrons. The number of benzene rings is 2. The lowest BCUT2D eigenvalue weighted by Gasteiger charge is -2.28. The Morgan fingerprint density at radius 1 is 0.800 bits per heavy atom. The molecular formula is C24H32O. The van der Waals surface area contributed by atoms with Gasteiger partial charge in [-0.1, -0.05) is 71.9 Å². The molecule has 25 heavy (non-hydrogen) atoms. The van der Waals surface area contributed by atoms with Crippen LogP contribution in [-0.2, 0) is 10.8 Å². The minimum Gasteiger partial charge on any atom is -0.507 e. The first kappa shape index (κ1) is 19.3. The van der Waals surface area contributed by atoms with Gasteiger partial charge in [0.1, 0.15) is 5.75 Å². The highest BCUT2D eigenvalue weighted by molar-refractivity contribution is 5.71. The number of aryl methyl sites for hydroxylation is 1. The van der Waals surface area contributed by atoms with Crippen molar-refractivity contribution in [3.05, 3.63) is 58.7 Å². The molecule has 1 nitrogen and oxygen atoms in total. The number of hydrogen-bond donors (Lipinski definition) is 1. The molecule has 2 aromatic rings. The Bertz CT molecular complexity index is 761. The predicted molar refractivity (Wildman–Crippen MR) is 110 cm³/mol. The van der Waals surface area contributed by atoms with Crippen molar-refractivity contribution in [2.24, 2.45) is 0 Å². The molecule has 0 aliphatic rings. The van der Waals surface area contributed by atoms with E-state index in [0.29, 0.717) is 5.75 Å². The van der Waals surface area contributed by atoms with Gasteiger partial charge in [0.2, 0.25) is 0 Å². The highest BCUT2D eigenvalue weighted by Gasteiger charge is 2.26. The number of phenolic OH excluding ortho intramolecular Hbond substituents is 1. The summed E-state index contributed by atoms with van der Waals surface area (Å²) in [4.78, 5) is 0. The van der Waals surface area contributed by atoms with E-state index < -0.39 is 0 Å². The number of phenols is 1. The monoisotopic (exact) mass is 336 g/mol. The smallest absolute Gasteiger partial charge is 0.123 e. The average molecular weight is 337 g/mol. The van der Waals surface area contributed by atoms with Gasteiger partial charge in [-0.3, -0.25) is 0 Å². The lowest BCUT2D eigenvalue weighted by atomic mass is 9.77. The predicted octanol–water partition coefficient (Wildman–Crippen LogP) is 7.00. The third-order valence-corrected chi connectivity index (χ3v) is 4.68. The van der Waals surface area contributed by atoms with Crippen LogP contribution in [0.3, 0.4) is 0 Å². The fraction of sp³-hybridized carbons (Fsp3) is 0.417. The van der Waals surface area contributed by atoms with Gasteiger partial charge in [-0.2, -0.15) is 0 Å². The lowest BCUT2D eigenvalue weighted by molar-refractivity contribution is 0.423. The molecule has 1 N–H and O–H groups in total. The van der Waals surface area contributed by atoms with Gasteiger partial charge in [0.25, 0.3) is 0 Å². The summed E-state index contributed by atoms with van der Waals surface area (Å²) in [5, 5.41) is 10.9. The third-order valence-electron chi connectivity index (χ3n) is 4.68. The molecule has 0 atom stereocenters. The maximum absolute atomic E-state index is 10.9. The van der Waals surface area contributed by atoms with Crippen LogP contribution in [0.1, 0.15) is 70.7 Å².